The number of piperidine rings is 1. The van der Waals surface area contributed by atoms with Crippen molar-refractivity contribution in [2.75, 3.05) is 36.0 Å². The largest absolute Gasteiger partial charge is 0.364 e. The molecule has 3 aliphatic rings. The summed E-state index contributed by atoms with van der Waals surface area (Å²) in [5, 5.41) is 3.59. The Morgan fingerprint density at radius 2 is 1.91 bits per heavy atom. The maximum Gasteiger partial charge on any atom is 0.0644 e. The molecule has 3 heteroatoms. The fourth-order valence-corrected chi connectivity index (χ4v) is 4.71. The van der Waals surface area contributed by atoms with E-state index in [0.717, 1.165) is 32.7 Å². The van der Waals surface area contributed by atoms with Crippen molar-refractivity contribution < 1.29 is 0 Å². The summed E-state index contributed by atoms with van der Waals surface area (Å²) in [5.74, 6) is 0.676. The summed E-state index contributed by atoms with van der Waals surface area (Å²) in [6.45, 7) is 5.60. The number of para-hydroxylation sites is 1. The Morgan fingerprint density at radius 3 is 2.83 bits per heavy atom. The van der Waals surface area contributed by atoms with Crippen LogP contribution in [0.2, 0.25) is 0 Å². The molecule has 0 amide bonds. The van der Waals surface area contributed by atoms with Gasteiger partial charge in [0.1, 0.15) is 0 Å². The molecule has 2 aromatic rings. The van der Waals surface area contributed by atoms with Crippen LogP contribution in [0.5, 0.6) is 0 Å². The minimum Gasteiger partial charge on any atom is -0.364 e. The van der Waals surface area contributed by atoms with E-state index in [1.165, 1.54) is 23.4 Å². The van der Waals surface area contributed by atoms with Gasteiger partial charge in [-0.2, -0.15) is 0 Å². The van der Waals surface area contributed by atoms with Crippen LogP contribution in [0.15, 0.2) is 48.5 Å². The Kier molecular flexibility index (Phi) is 3.08. The highest BCUT2D eigenvalue weighted by Gasteiger charge is 2.43. The van der Waals surface area contributed by atoms with E-state index >= 15 is 0 Å². The topological polar surface area (TPSA) is 18.5 Å². The molecule has 0 saturated carbocycles. The van der Waals surface area contributed by atoms with Crippen LogP contribution < -0.4 is 15.1 Å². The summed E-state index contributed by atoms with van der Waals surface area (Å²) in [4.78, 5) is 5.27. The van der Waals surface area contributed by atoms with Gasteiger partial charge in [-0.1, -0.05) is 42.5 Å². The number of rotatable bonds is 2. The Bertz CT molecular complexity index is 712. The summed E-state index contributed by atoms with van der Waals surface area (Å²) in [6.07, 6.45) is 1.28. The van der Waals surface area contributed by atoms with Crippen molar-refractivity contribution in [1.29, 1.82) is 0 Å². The van der Waals surface area contributed by atoms with Gasteiger partial charge in [-0.05, 0) is 30.2 Å². The predicted octanol–water partition coefficient (Wildman–Crippen LogP) is 2.97. The number of hydrogen-bond donors (Lipinski definition) is 1. The lowest BCUT2D eigenvalue weighted by atomic mass is 9.90. The van der Waals surface area contributed by atoms with E-state index in [1.807, 2.05) is 0 Å². The monoisotopic (exact) mass is 305 g/mol. The normalized spacial score (nSPS) is 25.2. The molecule has 3 nitrogen and oxygen atoms in total. The average molecular weight is 305 g/mol. The lowest BCUT2D eigenvalue weighted by Crippen LogP contribution is -2.48. The lowest BCUT2D eigenvalue weighted by molar-refractivity contribution is 0.402. The van der Waals surface area contributed by atoms with E-state index in [2.05, 4.69) is 63.6 Å². The highest BCUT2D eigenvalue weighted by molar-refractivity contribution is 5.81. The maximum absolute atomic E-state index is 3.59. The second kappa shape index (κ2) is 5.27. The predicted molar refractivity (Wildman–Crippen MR) is 95.3 cm³/mol. The van der Waals surface area contributed by atoms with E-state index in [1.54, 1.807) is 5.56 Å². The molecule has 118 valence electrons. The van der Waals surface area contributed by atoms with E-state index in [0.29, 0.717) is 12.0 Å². The van der Waals surface area contributed by atoms with Gasteiger partial charge in [-0.3, -0.25) is 0 Å². The minimum absolute atomic E-state index is 0.676. The lowest BCUT2D eigenvalue weighted by Gasteiger charge is -2.40. The number of fused-ring (bicyclic) bond motifs is 3. The maximum atomic E-state index is 3.59. The molecule has 3 heterocycles. The molecular weight excluding hydrogens is 282 g/mol. The SMILES string of the molecule is c1ccc(CN2CCN3c4c(cccc42)[C@@H]2CNCC[C@@H]23)cc1. The first-order chi connectivity index (χ1) is 11.4. The van der Waals surface area contributed by atoms with Gasteiger partial charge in [0.2, 0.25) is 0 Å². The van der Waals surface area contributed by atoms with Crippen LogP contribution in [-0.2, 0) is 6.54 Å². The number of nitrogens with one attached hydrogen (secondary N) is 1. The first kappa shape index (κ1) is 13.4. The second-order valence-electron chi connectivity index (χ2n) is 6.98. The van der Waals surface area contributed by atoms with Crippen molar-refractivity contribution in [3.05, 3.63) is 59.7 Å². The van der Waals surface area contributed by atoms with Crippen LogP contribution >= 0.6 is 0 Å². The van der Waals surface area contributed by atoms with Crippen LogP contribution in [0, 0.1) is 0 Å². The molecule has 0 unspecified atom stereocenters. The minimum atomic E-state index is 0.676. The van der Waals surface area contributed by atoms with E-state index in [-0.39, 0.29) is 0 Å². The molecule has 1 fully saturated rings. The van der Waals surface area contributed by atoms with Crippen LogP contribution in [0.4, 0.5) is 11.4 Å². The molecule has 0 radical (unpaired) electrons. The molecule has 1 saturated heterocycles. The Morgan fingerprint density at radius 1 is 1.00 bits per heavy atom. The third-order valence-corrected chi connectivity index (χ3v) is 5.75. The molecular formula is C20H23N3. The summed E-state index contributed by atoms with van der Waals surface area (Å²) < 4.78 is 0. The van der Waals surface area contributed by atoms with Crippen molar-refractivity contribution in [1.82, 2.24) is 5.32 Å². The summed E-state index contributed by atoms with van der Waals surface area (Å²) in [7, 11) is 0. The number of hydrogen-bond acceptors (Lipinski definition) is 3. The molecule has 3 aliphatic heterocycles. The summed E-state index contributed by atoms with van der Waals surface area (Å²) in [6, 6.07) is 18.5. The van der Waals surface area contributed by atoms with Crippen LogP contribution in [-0.4, -0.2) is 32.2 Å². The number of anilines is 2. The Hall–Kier alpha value is -2.00. The summed E-state index contributed by atoms with van der Waals surface area (Å²) in [5.41, 5.74) is 5.92. The third kappa shape index (κ3) is 2.07. The van der Waals surface area contributed by atoms with E-state index < -0.39 is 0 Å². The van der Waals surface area contributed by atoms with Crippen LogP contribution in [0.25, 0.3) is 0 Å². The zero-order chi connectivity index (χ0) is 15.2. The van der Waals surface area contributed by atoms with Crippen molar-refractivity contribution >= 4 is 11.4 Å². The van der Waals surface area contributed by atoms with Crippen molar-refractivity contribution in [3.63, 3.8) is 0 Å². The van der Waals surface area contributed by atoms with Crippen LogP contribution in [0.1, 0.15) is 23.5 Å². The molecule has 0 bridgehead atoms. The summed E-state index contributed by atoms with van der Waals surface area (Å²) >= 11 is 0. The molecule has 5 rings (SSSR count). The Labute approximate surface area is 137 Å². The van der Waals surface area contributed by atoms with Gasteiger partial charge >= 0.3 is 0 Å². The van der Waals surface area contributed by atoms with Gasteiger partial charge in [-0.25, -0.2) is 0 Å². The van der Waals surface area contributed by atoms with E-state index in [4.69, 9.17) is 0 Å². The van der Waals surface area contributed by atoms with Gasteiger partial charge in [0.05, 0.1) is 11.4 Å². The van der Waals surface area contributed by atoms with Crippen LogP contribution in [0.3, 0.4) is 0 Å². The van der Waals surface area contributed by atoms with Crippen molar-refractivity contribution in [3.8, 4) is 0 Å². The zero-order valence-electron chi connectivity index (χ0n) is 13.4. The van der Waals surface area contributed by atoms with Gasteiger partial charge in [0.15, 0.2) is 0 Å². The number of nitrogens with zero attached hydrogens (tertiary/aromatic N) is 2. The van der Waals surface area contributed by atoms with Gasteiger partial charge in [0.25, 0.3) is 0 Å². The molecule has 0 spiro atoms. The first-order valence-corrected chi connectivity index (χ1v) is 8.81. The average Bonchev–Trinajstić information content (AvgIpc) is 2.94. The Balaban J connectivity index is 1.53. The standard InChI is InChI=1S/C20H23N3/c1-2-5-15(6-3-1)14-22-11-12-23-18-9-10-21-13-17(18)16-7-4-8-19(22)20(16)23/h1-8,17-18,21H,9-14H2/t17-,18-/m0/s1. The van der Waals surface area contributed by atoms with Gasteiger partial charge in [-0.15, -0.1) is 0 Å². The highest BCUT2D eigenvalue weighted by Crippen LogP contribution is 2.49. The fraction of sp³-hybridized carbons (Fsp3) is 0.400. The second-order valence-corrected chi connectivity index (χ2v) is 6.98. The van der Waals surface area contributed by atoms with E-state index in [9.17, 15) is 0 Å². The third-order valence-electron chi connectivity index (χ3n) is 5.75. The van der Waals surface area contributed by atoms with Crippen molar-refractivity contribution in [2.45, 2.75) is 24.9 Å². The van der Waals surface area contributed by atoms with Gasteiger partial charge < -0.3 is 15.1 Å². The zero-order valence-corrected chi connectivity index (χ0v) is 13.4. The van der Waals surface area contributed by atoms with Crippen molar-refractivity contribution in [2.24, 2.45) is 0 Å². The fourth-order valence-electron chi connectivity index (χ4n) is 4.71. The quantitative estimate of drug-likeness (QED) is 0.920. The smallest absolute Gasteiger partial charge is 0.0644 e. The van der Waals surface area contributed by atoms with Gasteiger partial charge in [0, 0.05) is 38.1 Å². The molecule has 0 aliphatic carbocycles. The molecule has 2 atom stereocenters. The molecule has 2 aromatic carbocycles. The molecule has 0 aromatic heterocycles. The highest BCUT2D eigenvalue weighted by atomic mass is 15.3. The molecule has 1 N–H and O–H groups in total. The number of benzene rings is 2. The first-order valence-electron chi connectivity index (χ1n) is 8.81. The molecule has 23 heavy (non-hydrogen) atoms.